The Kier molecular flexibility index (Phi) is 6.54. The number of anilines is 1. The van der Waals surface area contributed by atoms with Crippen molar-refractivity contribution in [3.05, 3.63) is 64.1 Å². The molecule has 1 saturated heterocycles. The number of halogens is 2. The molecule has 0 unspecified atom stereocenters. The maximum absolute atomic E-state index is 12.2. The second-order valence-electron chi connectivity index (χ2n) is 6.44. The highest BCUT2D eigenvalue weighted by molar-refractivity contribution is 6.36. The summed E-state index contributed by atoms with van der Waals surface area (Å²) in [5.74, 6) is -1.78. The van der Waals surface area contributed by atoms with Gasteiger partial charge in [0.15, 0.2) is 6.61 Å². The number of ether oxygens (including phenoxy) is 1. The van der Waals surface area contributed by atoms with Gasteiger partial charge in [-0.25, -0.2) is 0 Å². The molecule has 0 aromatic heterocycles. The number of nitrogens with zero attached hydrogens (tertiary/aromatic N) is 1. The minimum Gasteiger partial charge on any atom is -0.455 e. The number of carbonyl (C=O) groups excluding carboxylic acids is 3. The molecule has 0 aliphatic carbocycles. The first kappa shape index (κ1) is 20.2. The van der Waals surface area contributed by atoms with Crippen LogP contribution in [0.15, 0.2) is 48.5 Å². The zero-order valence-electron chi connectivity index (χ0n) is 14.9. The molecular formula is C20H18Cl2N2O4. The average Bonchev–Trinajstić information content (AvgIpc) is 3.03. The lowest BCUT2D eigenvalue weighted by atomic mass is 10.1. The molecule has 1 aliphatic rings. The molecule has 0 saturated carbocycles. The molecular weight excluding hydrogens is 403 g/mol. The number of carbonyl (C=O) groups is 3. The van der Waals surface area contributed by atoms with E-state index in [1.54, 1.807) is 17.0 Å². The second kappa shape index (κ2) is 9.08. The fourth-order valence-corrected chi connectivity index (χ4v) is 3.37. The van der Waals surface area contributed by atoms with Crippen molar-refractivity contribution >= 4 is 46.7 Å². The van der Waals surface area contributed by atoms with Crippen molar-refractivity contribution in [3.8, 4) is 0 Å². The van der Waals surface area contributed by atoms with E-state index in [1.165, 1.54) is 6.07 Å². The van der Waals surface area contributed by atoms with E-state index in [-0.39, 0.29) is 23.9 Å². The lowest BCUT2D eigenvalue weighted by Gasteiger charge is -2.16. The molecule has 1 heterocycles. The Labute approximate surface area is 172 Å². The van der Waals surface area contributed by atoms with E-state index in [0.717, 1.165) is 5.56 Å². The van der Waals surface area contributed by atoms with Crippen LogP contribution in [0.25, 0.3) is 0 Å². The summed E-state index contributed by atoms with van der Waals surface area (Å²) in [6, 6.07) is 14.2. The molecule has 2 aromatic carbocycles. The standard InChI is InChI=1S/C20H18Cl2N2O4/c21-15-6-7-17(16(22)9-15)23-18(25)12-28-20(27)14-8-19(26)24(11-14)10-13-4-2-1-3-5-13/h1-7,9,14H,8,10-12H2,(H,23,25)/t14-/m0/s1. The van der Waals surface area contributed by atoms with Gasteiger partial charge in [0.05, 0.1) is 16.6 Å². The van der Waals surface area contributed by atoms with Crippen LogP contribution in [0.2, 0.25) is 10.0 Å². The van der Waals surface area contributed by atoms with Crippen LogP contribution in [0.1, 0.15) is 12.0 Å². The molecule has 146 valence electrons. The maximum atomic E-state index is 12.2. The molecule has 1 fully saturated rings. The SMILES string of the molecule is O=C(COC(=O)[C@H]1CC(=O)N(Cc2ccccc2)C1)Nc1ccc(Cl)cc1Cl. The summed E-state index contributed by atoms with van der Waals surface area (Å²) < 4.78 is 5.07. The molecule has 2 amide bonds. The Bertz CT molecular complexity index is 889. The lowest BCUT2D eigenvalue weighted by molar-refractivity contribution is -0.151. The third-order valence-corrected chi connectivity index (χ3v) is 4.86. The van der Waals surface area contributed by atoms with Gasteiger partial charge in [0, 0.05) is 24.5 Å². The third-order valence-electron chi connectivity index (χ3n) is 4.31. The van der Waals surface area contributed by atoms with Gasteiger partial charge in [-0.1, -0.05) is 53.5 Å². The molecule has 1 N–H and O–H groups in total. The quantitative estimate of drug-likeness (QED) is 0.725. The average molecular weight is 421 g/mol. The summed E-state index contributed by atoms with van der Waals surface area (Å²) in [4.78, 5) is 38.0. The second-order valence-corrected chi connectivity index (χ2v) is 7.28. The van der Waals surface area contributed by atoms with E-state index >= 15 is 0 Å². The zero-order valence-corrected chi connectivity index (χ0v) is 16.4. The highest BCUT2D eigenvalue weighted by atomic mass is 35.5. The zero-order chi connectivity index (χ0) is 20.1. The van der Waals surface area contributed by atoms with Crippen molar-refractivity contribution in [3.63, 3.8) is 0 Å². The van der Waals surface area contributed by atoms with Gasteiger partial charge in [-0.05, 0) is 23.8 Å². The predicted molar refractivity (Wildman–Crippen MR) is 106 cm³/mol. The van der Waals surface area contributed by atoms with Gasteiger partial charge >= 0.3 is 5.97 Å². The Morgan fingerprint density at radius 1 is 1.14 bits per heavy atom. The van der Waals surface area contributed by atoms with Crippen LogP contribution < -0.4 is 5.32 Å². The fourth-order valence-electron chi connectivity index (χ4n) is 2.92. The minimum atomic E-state index is -0.580. The van der Waals surface area contributed by atoms with Gasteiger partial charge in [-0.2, -0.15) is 0 Å². The van der Waals surface area contributed by atoms with Crippen LogP contribution in [0, 0.1) is 5.92 Å². The number of rotatable bonds is 6. The van der Waals surface area contributed by atoms with E-state index in [1.807, 2.05) is 30.3 Å². The minimum absolute atomic E-state index is 0.0797. The smallest absolute Gasteiger partial charge is 0.311 e. The lowest BCUT2D eigenvalue weighted by Crippen LogP contribution is -2.28. The molecule has 0 radical (unpaired) electrons. The van der Waals surface area contributed by atoms with Crippen LogP contribution in [0.4, 0.5) is 5.69 Å². The van der Waals surface area contributed by atoms with Gasteiger partial charge in [0.2, 0.25) is 5.91 Å². The summed E-state index contributed by atoms with van der Waals surface area (Å²) in [7, 11) is 0. The topological polar surface area (TPSA) is 75.7 Å². The van der Waals surface area contributed by atoms with E-state index < -0.39 is 24.4 Å². The Morgan fingerprint density at radius 3 is 2.61 bits per heavy atom. The van der Waals surface area contributed by atoms with Crippen LogP contribution in [0.3, 0.4) is 0 Å². The molecule has 1 aliphatic heterocycles. The van der Waals surface area contributed by atoms with Crippen LogP contribution in [0.5, 0.6) is 0 Å². The highest BCUT2D eigenvalue weighted by Crippen LogP contribution is 2.25. The molecule has 0 bridgehead atoms. The van der Waals surface area contributed by atoms with Crippen molar-refractivity contribution < 1.29 is 19.1 Å². The summed E-state index contributed by atoms with van der Waals surface area (Å²) in [6.07, 6.45) is 0.0797. The number of esters is 1. The molecule has 28 heavy (non-hydrogen) atoms. The number of nitrogens with one attached hydrogen (secondary N) is 1. The monoisotopic (exact) mass is 420 g/mol. The van der Waals surface area contributed by atoms with Crippen LogP contribution in [-0.2, 0) is 25.7 Å². The summed E-state index contributed by atoms with van der Waals surface area (Å²) in [5, 5.41) is 3.28. The highest BCUT2D eigenvalue weighted by Gasteiger charge is 2.35. The maximum Gasteiger partial charge on any atom is 0.311 e. The summed E-state index contributed by atoms with van der Waals surface area (Å²) in [6.45, 7) is 0.261. The number of amides is 2. The number of hydrogen-bond acceptors (Lipinski definition) is 4. The first-order chi connectivity index (χ1) is 13.4. The molecule has 2 aromatic rings. The normalized spacial score (nSPS) is 16.1. The van der Waals surface area contributed by atoms with E-state index in [0.29, 0.717) is 17.3 Å². The largest absolute Gasteiger partial charge is 0.455 e. The van der Waals surface area contributed by atoms with Gasteiger partial charge < -0.3 is 15.0 Å². The van der Waals surface area contributed by atoms with E-state index in [4.69, 9.17) is 27.9 Å². The first-order valence-electron chi connectivity index (χ1n) is 8.65. The number of hydrogen-bond donors (Lipinski definition) is 1. The van der Waals surface area contributed by atoms with Gasteiger partial charge in [-0.15, -0.1) is 0 Å². The van der Waals surface area contributed by atoms with Crippen molar-refractivity contribution in [1.29, 1.82) is 0 Å². The van der Waals surface area contributed by atoms with Gasteiger partial charge in [-0.3, -0.25) is 14.4 Å². The van der Waals surface area contributed by atoms with Crippen molar-refractivity contribution in [2.24, 2.45) is 5.92 Å². The van der Waals surface area contributed by atoms with Crippen molar-refractivity contribution in [1.82, 2.24) is 4.90 Å². The Morgan fingerprint density at radius 2 is 1.89 bits per heavy atom. The number of benzene rings is 2. The molecule has 8 heteroatoms. The van der Waals surface area contributed by atoms with E-state index in [9.17, 15) is 14.4 Å². The predicted octanol–water partition coefficient (Wildman–Crippen LogP) is 3.52. The van der Waals surface area contributed by atoms with Crippen LogP contribution >= 0.6 is 23.2 Å². The third kappa shape index (κ3) is 5.24. The molecule has 3 rings (SSSR count). The van der Waals surface area contributed by atoms with Gasteiger partial charge in [0.1, 0.15) is 0 Å². The molecule has 6 nitrogen and oxygen atoms in total. The van der Waals surface area contributed by atoms with E-state index in [2.05, 4.69) is 5.32 Å². The summed E-state index contributed by atoms with van der Waals surface area (Å²) >= 11 is 11.8. The Hall–Kier alpha value is -2.57. The van der Waals surface area contributed by atoms with Gasteiger partial charge in [0.25, 0.3) is 5.91 Å². The molecule has 1 atom stereocenters. The summed E-state index contributed by atoms with van der Waals surface area (Å²) in [5.41, 5.74) is 1.36. The van der Waals surface area contributed by atoms with Crippen LogP contribution in [-0.4, -0.2) is 35.8 Å². The van der Waals surface area contributed by atoms with Crippen molar-refractivity contribution in [2.45, 2.75) is 13.0 Å². The molecule has 0 spiro atoms. The Balaban J connectivity index is 1.48. The first-order valence-corrected chi connectivity index (χ1v) is 9.41. The fraction of sp³-hybridized carbons (Fsp3) is 0.250. The van der Waals surface area contributed by atoms with Crippen molar-refractivity contribution in [2.75, 3.05) is 18.5 Å². The number of likely N-dealkylation sites (tertiary alicyclic amines) is 1.